The van der Waals surface area contributed by atoms with Crippen molar-refractivity contribution < 1.29 is 21.9 Å². The Bertz CT molecular complexity index is 1320. The molecule has 0 radical (unpaired) electrons. The number of nitrogens with zero attached hydrogens (tertiary/aromatic N) is 2. The third kappa shape index (κ3) is 6.91. The molecule has 0 spiro atoms. The molecule has 0 fully saturated rings. The number of amides is 2. The first kappa shape index (κ1) is 25.9. The Morgan fingerprint density at radius 1 is 1.11 bits per heavy atom. The van der Waals surface area contributed by atoms with Gasteiger partial charge in [0.05, 0.1) is 17.6 Å². The summed E-state index contributed by atoms with van der Waals surface area (Å²) >= 11 is 1.71. The maximum absolute atomic E-state index is 10.8. The van der Waals surface area contributed by atoms with E-state index in [2.05, 4.69) is 64.5 Å². The van der Waals surface area contributed by atoms with Crippen LogP contribution < -0.4 is 16.1 Å². The number of nitrogens with two attached hydrogens (primary N) is 1. The Labute approximate surface area is 220 Å². The molecule has 0 saturated heterocycles. The van der Waals surface area contributed by atoms with Crippen LogP contribution in [0.15, 0.2) is 106 Å². The number of urea groups is 1. The number of anilines is 2. The quantitative estimate of drug-likeness (QED) is 0.117. The molecule has 1 aliphatic rings. The number of carbonyl (C=O) groups excluding carboxylic acids is 1. The van der Waals surface area contributed by atoms with Gasteiger partial charge in [-0.15, -0.1) is 12.1 Å². The van der Waals surface area contributed by atoms with Gasteiger partial charge in [0.25, 0.3) is 0 Å². The Kier molecular flexibility index (Phi) is 9.39. The molecule has 0 aromatic heterocycles. The summed E-state index contributed by atoms with van der Waals surface area (Å²) in [5, 5.41) is 3.85. The number of nitrogens with one attached hydrogen (secondary N) is 1. The zero-order valence-corrected chi connectivity index (χ0v) is 21.0. The summed E-state index contributed by atoms with van der Waals surface area (Å²) in [5.41, 5.74) is 12.5. The molecule has 0 bridgehead atoms. The van der Waals surface area contributed by atoms with Gasteiger partial charge in [-0.25, -0.2) is 22.4 Å². The molecule has 1 aliphatic heterocycles. The number of hydrogen-bond donors (Lipinski definition) is 2. The molecule has 35 heavy (non-hydrogen) atoms. The SMILES string of the molecule is CCN1c2ccc(C#C[c-]3cccc3)cc2Sc2cc(C=NNC(N)=O)ccc21.[Fe+2].c1cc[cH-]c1. The first-order valence-electron chi connectivity index (χ1n) is 10.9. The van der Waals surface area contributed by atoms with Crippen molar-refractivity contribution in [2.45, 2.75) is 16.7 Å². The predicted molar refractivity (Wildman–Crippen MR) is 140 cm³/mol. The van der Waals surface area contributed by atoms with E-state index in [9.17, 15) is 4.79 Å². The molecular formula is C28H24FeN4OS. The molecule has 5 nitrogen and oxygen atoms in total. The summed E-state index contributed by atoms with van der Waals surface area (Å²) in [6.45, 7) is 2.99. The number of benzene rings is 2. The van der Waals surface area contributed by atoms with Crippen LogP contribution in [0, 0.1) is 11.8 Å². The Hall–Kier alpha value is -3.69. The summed E-state index contributed by atoms with van der Waals surface area (Å²) in [6.07, 6.45) is 1.58. The first-order valence-corrected chi connectivity index (χ1v) is 11.7. The number of hydrogen-bond acceptors (Lipinski definition) is 4. The molecule has 1 heterocycles. The molecule has 2 amide bonds. The third-order valence-electron chi connectivity index (χ3n) is 5.02. The first-order chi connectivity index (χ1) is 16.6. The van der Waals surface area contributed by atoms with E-state index in [4.69, 9.17) is 5.73 Å². The van der Waals surface area contributed by atoms with Crippen LogP contribution in [0.2, 0.25) is 0 Å². The van der Waals surface area contributed by atoms with Crippen molar-refractivity contribution in [2.24, 2.45) is 10.8 Å². The van der Waals surface area contributed by atoms with Gasteiger partial charge in [-0.2, -0.15) is 47.3 Å². The van der Waals surface area contributed by atoms with Crippen molar-refractivity contribution in [1.29, 1.82) is 0 Å². The van der Waals surface area contributed by atoms with Gasteiger partial charge in [-0.1, -0.05) is 29.5 Å². The summed E-state index contributed by atoms with van der Waals surface area (Å²) in [6, 6.07) is 29.7. The van der Waals surface area contributed by atoms with Crippen molar-refractivity contribution in [3.05, 3.63) is 108 Å². The molecule has 0 unspecified atom stereocenters. The van der Waals surface area contributed by atoms with Gasteiger partial charge in [0, 0.05) is 16.3 Å². The Balaban J connectivity index is 0.000000509. The molecule has 0 saturated carbocycles. The van der Waals surface area contributed by atoms with Gasteiger partial charge in [0.2, 0.25) is 0 Å². The average molecular weight is 520 g/mol. The zero-order chi connectivity index (χ0) is 23.8. The summed E-state index contributed by atoms with van der Waals surface area (Å²) in [5.74, 6) is 6.45. The van der Waals surface area contributed by atoms with Gasteiger partial charge in [-0.05, 0) is 42.3 Å². The largest absolute Gasteiger partial charge is 2.00 e. The second kappa shape index (κ2) is 12.7. The van der Waals surface area contributed by atoms with Crippen LogP contribution in [0.25, 0.3) is 0 Å². The van der Waals surface area contributed by atoms with Crippen LogP contribution in [-0.2, 0) is 17.1 Å². The van der Waals surface area contributed by atoms with Gasteiger partial charge < -0.3 is 10.6 Å². The number of fused-ring (bicyclic) bond motifs is 2. The number of carbonyl (C=O) groups is 1. The summed E-state index contributed by atoms with van der Waals surface area (Å²) < 4.78 is 0. The Morgan fingerprint density at radius 3 is 2.43 bits per heavy atom. The van der Waals surface area contributed by atoms with Crippen LogP contribution >= 0.6 is 11.8 Å². The third-order valence-corrected chi connectivity index (χ3v) is 6.11. The van der Waals surface area contributed by atoms with E-state index in [-0.39, 0.29) is 17.1 Å². The molecule has 5 rings (SSSR count). The molecule has 3 N–H and O–H groups in total. The minimum absolute atomic E-state index is 0. The standard InChI is InChI=1S/C23H19N4OS.C5H5.Fe/c1-2-27-19-11-9-17(8-7-16-5-3-4-6-16)13-21(19)29-22-14-18(10-12-20(22)27)15-25-26-23(24)28;1-2-4-5-3-1;/h3-6,9-15H,2H2,1H3,(H3,24,26,28);1-5H;/q2*-1;+2. The van der Waals surface area contributed by atoms with Crippen LogP contribution in [0.4, 0.5) is 16.2 Å². The monoisotopic (exact) mass is 520 g/mol. The second-order valence-electron chi connectivity index (χ2n) is 7.38. The Morgan fingerprint density at radius 2 is 1.80 bits per heavy atom. The minimum atomic E-state index is -0.685. The normalized spacial score (nSPS) is 11.2. The maximum atomic E-state index is 10.8. The van der Waals surface area contributed by atoms with E-state index in [0.29, 0.717) is 0 Å². The molecule has 0 atom stereocenters. The van der Waals surface area contributed by atoms with E-state index < -0.39 is 6.03 Å². The fourth-order valence-electron chi connectivity index (χ4n) is 3.49. The molecule has 4 aromatic rings. The van der Waals surface area contributed by atoms with Crippen LogP contribution in [0.3, 0.4) is 0 Å². The number of hydrazone groups is 1. The fraction of sp³-hybridized carbons (Fsp3) is 0.0714. The average Bonchev–Trinajstić information content (AvgIpc) is 3.58. The van der Waals surface area contributed by atoms with E-state index in [0.717, 1.165) is 38.7 Å². The molecular weight excluding hydrogens is 496 g/mol. The fourth-order valence-corrected chi connectivity index (χ4v) is 4.68. The minimum Gasteiger partial charge on any atom is -0.350 e. The van der Waals surface area contributed by atoms with Crippen LogP contribution in [0.5, 0.6) is 0 Å². The van der Waals surface area contributed by atoms with Crippen molar-refractivity contribution in [3.8, 4) is 11.8 Å². The number of primary amides is 1. The molecule has 0 aliphatic carbocycles. The van der Waals surface area contributed by atoms with Crippen molar-refractivity contribution >= 4 is 35.4 Å². The van der Waals surface area contributed by atoms with Gasteiger partial charge in [0.15, 0.2) is 0 Å². The topological polar surface area (TPSA) is 70.7 Å². The van der Waals surface area contributed by atoms with Gasteiger partial charge in [-0.3, -0.25) is 0 Å². The molecule has 7 heteroatoms. The maximum Gasteiger partial charge on any atom is 2.00 e. The van der Waals surface area contributed by atoms with E-state index in [1.165, 1.54) is 5.69 Å². The van der Waals surface area contributed by atoms with E-state index in [1.807, 2.05) is 60.7 Å². The molecule has 4 aromatic carbocycles. The van der Waals surface area contributed by atoms with Crippen molar-refractivity contribution in [3.63, 3.8) is 0 Å². The van der Waals surface area contributed by atoms with Gasteiger partial charge in [0.1, 0.15) is 0 Å². The van der Waals surface area contributed by atoms with Crippen molar-refractivity contribution in [2.75, 3.05) is 11.4 Å². The summed E-state index contributed by atoms with van der Waals surface area (Å²) in [7, 11) is 0. The van der Waals surface area contributed by atoms with Crippen LogP contribution in [0.1, 0.15) is 23.6 Å². The van der Waals surface area contributed by atoms with Crippen LogP contribution in [-0.4, -0.2) is 18.8 Å². The summed E-state index contributed by atoms with van der Waals surface area (Å²) in [4.78, 5) is 15.4. The molecule has 176 valence electrons. The zero-order valence-electron chi connectivity index (χ0n) is 19.1. The van der Waals surface area contributed by atoms with Crippen molar-refractivity contribution in [1.82, 2.24) is 5.43 Å². The number of rotatable bonds is 3. The predicted octanol–water partition coefficient (Wildman–Crippen LogP) is 5.83. The second-order valence-corrected chi connectivity index (χ2v) is 8.46. The smallest absolute Gasteiger partial charge is 0.350 e. The van der Waals surface area contributed by atoms with E-state index in [1.54, 1.807) is 18.0 Å². The van der Waals surface area contributed by atoms with E-state index >= 15 is 0 Å². The van der Waals surface area contributed by atoms with Gasteiger partial charge >= 0.3 is 23.1 Å².